The largest absolute Gasteiger partial charge is 0.312 e. The first-order valence-electron chi connectivity index (χ1n) is 6.09. The van der Waals surface area contributed by atoms with Crippen LogP contribution >= 0.6 is 11.6 Å². The maximum Gasteiger partial charge on any atom is 0.226 e. The summed E-state index contributed by atoms with van der Waals surface area (Å²) in [6.45, 7) is 2.52. The SMILES string of the molecule is CCCC(=O)N1CCC(N=O)c2cc(Cl)ccc21. The lowest BCUT2D eigenvalue weighted by atomic mass is 9.96. The van der Waals surface area contributed by atoms with Crippen LogP contribution in [0.5, 0.6) is 0 Å². The first kappa shape index (κ1) is 13.0. The number of hydrogen-bond donors (Lipinski definition) is 0. The summed E-state index contributed by atoms with van der Waals surface area (Å²) in [6.07, 6.45) is 1.89. The fourth-order valence-corrected chi connectivity index (χ4v) is 2.46. The number of rotatable bonds is 3. The zero-order valence-electron chi connectivity index (χ0n) is 10.2. The Labute approximate surface area is 111 Å². The van der Waals surface area contributed by atoms with Gasteiger partial charge in [0.15, 0.2) is 0 Å². The molecule has 1 aromatic carbocycles. The predicted octanol–water partition coefficient (Wildman–Crippen LogP) is 3.68. The van der Waals surface area contributed by atoms with E-state index in [-0.39, 0.29) is 5.91 Å². The van der Waals surface area contributed by atoms with E-state index in [9.17, 15) is 9.70 Å². The van der Waals surface area contributed by atoms with Crippen LogP contribution in [-0.2, 0) is 4.79 Å². The number of carbonyl (C=O) groups excluding carboxylic acids is 1. The van der Waals surface area contributed by atoms with Crippen LogP contribution in [0.1, 0.15) is 37.8 Å². The van der Waals surface area contributed by atoms with Gasteiger partial charge < -0.3 is 4.90 Å². The maximum absolute atomic E-state index is 12.0. The molecule has 0 saturated heterocycles. The summed E-state index contributed by atoms with van der Waals surface area (Å²) in [5, 5.41) is 3.69. The summed E-state index contributed by atoms with van der Waals surface area (Å²) in [6, 6.07) is 4.86. The van der Waals surface area contributed by atoms with E-state index < -0.39 is 6.04 Å². The Kier molecular flexibility index (Phi) is 3.97. The van der Waals surface area contributed by atoms with Crippen molar-refractivity contribution in [2.75, 3.05) is 11.4 Å². The molecule has 1 heterocycles. The van der Waals surface area contributed by atoms with Crippen LogP contribution in [0.3, 0.4) is 0 Å². The average molecular weight is 267 g/mol. The normalized spacial score (nSPS) is 18.3. The van der Waals surface area contributed by atoms with Crippen molar-refractivity contribution in [2.45, 2.75) is 32.2 Å². The second-order valence-corrected chi connectivity index (χ2v) is 4.84. The van der Waals surface area contributed by atoms with E-state index in [2.05, 4.69) is 5.18 Å². The molecule has 1 amide bonds. The molecule has 1 unspecified atom stereocenters. The highest BCUT2D eigenvalue weighted by Crippen LogP contribution is 2.37. The van der Waals surface area contributed by atoms with Gasteiger partial charge in [-0.1, -0.05) is 23.7 Å². The molecule has 4 nitrogen and oxygen atoms in total. The lowest BCUT2D eigenvalue weighted by molar-refractivity contribution is -0.118. The zero-order chi connectivity index (χ0) is 13.1. The van der Waals surface area contributed by atoms with Crippen molar-refractivity contribution < 1.29 is 4.79 Å². The lowest BCUT2D eigenvalue weighted by Crippen LogP contribution is -2.36. The molecule has 0 saturated carbocycles. The molecule has 0 radical (unpaired) electrons. The minimum Gasteiger partial charge on any atom is -0.312 e. The molecular formula is C13H15ClN2O2. The monoisotopic (exact) mass is 266 g/mol. The number of hydrogen-bond acceptors (Lipinski definition) is 3. The molecule has 18 heavy (non-hydrogen) atoms. The minimum absolute atomic E-state index is 0.0884. The number of anilines is 1. The molecule has 1 aromatic rings. The van der Waals surface area contributed by atoms with Crippen LogP contribution in [0.15, 0.2) is 23.4 Å². The van der Waals surface area contributed by atoms with Crippen molar-refractivity contribution >= 4 is 23.2 Å². The van der Waals surface area contributed by atoms with Crippen LogP contribution < -0.4 is 4.90 Å². The number of halogens is 1. The molecule has 0 spiro atoms. The topological polar surface area (TPSA) is 49.7 Å². The third-order valence-electron chi connectivity index (χ3n) is 3.16. The van der Waals surface area contributed by atoms with Gasteiger partial charge in [-0.05, 0) is 31.0 Å². The second kappa shape index (κ2) is 5.48. The Balaban J connectivity index is 2.39. The first-order chi connectivity index (χ1) is 8.67. The van der Waals surface area contributed by atoms with E-state index in [0.717, 1.165) is 17.7 Å². The van der Waals surface area contributed by atoms with Gasteiger partial charge in [-0.15, -0.1) is 0 Å². The molecule has 2 rings (SSSR count). The molecule has 1 atom stereocenters. The Hall–Kier alpha value is -1.42. The fraction of sp³-hybridized carbons (Fsp3) is 0.462. The summed E-state index contributed by atoms with van der Waals surface area (Å²) in [7, 11) is 0. The Morgan fingerprint density at radius 1 is 1.56 bits per heavy atom. The van der Waals surface area contributed by atoms with E-state index in [1.54, 1.807) is 23.1 Å². The summed E-state index contributed by atoms with van der Waals surface area (Å²) in [5.74, 6) is 0.0884. The number of nitrogens with zero attached hydrogens (tertiary/aromatic N) is 2. The summed E-state index contributed by atoms with van der Waals surface area (Å²) in [5.41, 5.74) is 1.53. The second-order valence-electron chi connectivity index (χ2n) is 4.41. The third kappa shape index (κ3) is 2.38. The van der Waals surface area contributed by atoms with Gasteiger partial charge in [0.2, 0.25) is 5.91 Å². The molecule has 0 bridgehead atoms. The van der Waals surface area contributed by atoms with E-state index in [4.69, 9.17) is 11.6 Å². The van der Waals surface area contributed by atoms with Crippen LogP contribution in [-0.4, -0.2) is 12.5 Å². The summed E-state index contributed by atoms with van der Waals surface area (Å²) >= 11 is 5.94. The van der Waals surface area contributed by atoms with Gasteiger partial charge in [-0.3, -0.25) is 4.79 Å². The van der Waals surface area contributed by atoms with Crippen molar-refractivity contribution in [3.05, 3.63) is 33.7 Å². The van der Waals surface area contributed by atoms with Crippen molar-refractivity contribution in [2.24, 2.45) is 5.18 Å². The minimum atomic E-state index is -0.399. The van der Waals surface area contributed by atoms with E-state index in [0.29, 0.717) is 24.4 Å². The summed E-state index contributed by atoms with van der Waals surface area (Å²) in [4.78, 5) is 24.6. The molecule has 96 valence electrons. The van der Waals surface area contributed by atoms with Gasteiger partial charge in [0, 0.05) is 29.2 Å². The highest BCUT2D eigenvalue weighted by atomic mass is 35.5. The highest BCUT2D eigenvalue weighted by molar-refractivity contribution is 6.30. The lowest BCUT2D eigenvalue weighted by Gasteiger charge is -2.31. The fourth-order valence-electron chi connectivity index (χ4n) is 2.28. The van der Waals surface area contributed by atoms with Crippen molar-refractivity contribution in [1.29, 1.82) is 0 Å². The van der Waals surface area contributed by atoms with Crippen LogP contribution in [0.25, 0.3) is 0 Å². The quantitative estimate of drug-likeness (QED) is 0.784. The zero-order valence-corrected chi connectivity index (χ0v) is 11.0. The van der Waals surface area contributed by atoms with Gasteiger partial charge in [0.1, 0.15) is 6.04 Å². The van der Waals surface area contributed by atoms with Gasteiger partial charge in [0.05, 0.1) is 0 Å². The Bertz CT molecular complexity index is 476. The standard InChI is InChI=1S/C13H15ClN2O2/c1-2-3-13(17)16-7-6-11(15-18)10-8-9(14)4-5-12(10)16/h4-5,8,11H,2-3,6-7H2,1H3. The number of fused-ring (bicyclic) bond motifs is 1. The number of amides is 1. The third-order valence-corrected chi connectivity index (χ3v) is 3.39. The molecule has 0 aliphatic carbocycles. The van der Waals surface area contributed by atoms with Crippen molar-refractivity contribution in [3.63, 3.8) is 0 Å². The molecule has 5 heteroatoms. The molecule has 1 aliphatic rings. The summed E-state index contributed by atoms with van der Waals surface area (Å²) < 4.78 is 0. The van der Waals surface area contributed by atoms with E-state index in [1.807, 2.05) is 6.92 Å². The molecule has 0 aromatic heterocycles. The maximum atomic E-state index is 12.0. The Morgan fingerprint density at radius 3 is 3.00 bits per heavy atom. The average Bonchev–Trinajstić information content (AvgIpc) is 2.37. The van der Waals surface area contributed by atoms with Crippen molar-refractivity contribution in [1.82, 2.24) is 0 Å². The van der Waals surface area contributed by atoms with Crippen LogP contribution in [0.2, 0.25) is 5.02 Å². The predicted molar refractivity (Wildman–Crippen MR) is 71.9 cm³/mol. The van der Waals surface area contributed by atoms with Gasteiger partial charge in [-0.25, -0.2) is 0 Å². The van der Waals surface area contributed by atoms with Gasteiger partial charge >= 0.3 is 0 Å². The molecule has 1 aliphatic heterocycles. The highest BCUT2D eigenvalue weighted by Gasteiger charge is 2.28. The number of nitroso groups, excluding NO2 is 1. The van der Waals surface area contributed by atoms with Gasteiger partial charge in [-0.2, -0.15) is 4.91 Å². The van der Waals surface area contributed by atoms with Crippen molar-refractivity contribution in [3.8, 4) is 0 Å². The number of benzene rings is 1. The van der Waals surface area contributed by atoms with E-state index >= 15 is 0 Å². The first-order valence-corrected chi connectivity index (χ1v) is 6.47. The van der Waals surface area contributed by atoms with Crippen LogP contribution in [0, 0.1) is 4.91 Å². The molecule has 0 N–H and O–H groups in total. The molecular weight excluding hydrogens is 252 g/mol. The van der Waals surface area contributed by atoms with Crippen LogP contribution in [0.4, 0.5) is 5.69 Å². The van der Waals surface area contributed by atoms with E-state index in [1.165, 1.54) is 0 Å². The van der Waals surface area contributed by atoms with Gasteiger partial charge in [0.25, 0.3) is 0 Å². The smallest absolute Gasteiger partial charge is 0.226 e. The Morgan fingerprint density at radius 2 is 2.33 bits per heavy atom. The number of carbonyl (C=O) groups is 1. The molecule has 0 fully saturated rings.